The van der Waals surface area contributed by atoms with Crippen molar-refractivity contribution in [1.82, 2.24) is 5.32 Å². The molecular formula is C15H16N2O. The van der Waals surface area contributed by atoms with Crippen molar-refractivity contribution in [3.63, 3.8) is 0 Å². The number of allylic oxidation sites excluding steroid dienone is 2. The van der Waals surface area contributed by atoms with E-state index in [0.717, 1.165) is 18.4 Å². The van der Waals surface area contributed by atoms with Crippen molar-refractivity contribution in [3.05, 3.63) is 47.5 Å². The minimum atomic E-state index is 0.0777. The van der Waals surface area contributed by atoms with Crippen LogP contribution in [0.25, 0.3) is 0 Å². The number of nitriles is 1. The Morgan fingerprint density at radius 2 is 2.39 bits per heavy atom. The lowest BCUT2D eigenvalue weighted by Gasteiger charge is -2.08. The molecule has 3 heteroatoms. The Morgan fingerprint density at radius 1 is 1.50 bits per heavy atom. The molecule has 0 bridgehead atoms. The summed E-state index contributed by atoms with van der Waals surface area (Å²) in [5.74, 6) is 0.476. The van der Waals surface area contributed by atoms with E-state index in [-0.39, 0.29) is 5.91 Å². The molecule has 1 amide bonds. The minimum Gasteiger partial charge on any atom is -0.352 e. The van der Waals surface area contributed by atoms with E-state index in [0.29, 0.717) is 24.4 Å². The molecule has 0 spiro atoms. The molecule has 1 atom stereocenters. The summed E-state index contributed by atoms with van der Waals surface area (Å²) in [5.41, 5.74) is 1.59. The molecule has 0 radical (unpaired) electrons. The van der Waals surface area contributed by atoms with Crippen LogP contribution in [0.5, 0.6) is 0 Å². The van der Waals surface area contributed by atoms with Gasteiger partial charge in [0.25, 0.3) is 0 Å². The second-order valence-electron chi connectivity index (χ2n) is 4.56. The smallest absolute Gasteiger partial charge is 0.220 e. The summed E-state index contributed by atoms with van der Waals surface area (Å²) in [5, 5.41) is 11.7. The number of carbonyl (C=O) groups excluding carboxylic acids is 1. The third-order valence-corrected chi connectivity index (χ3v) is 3.11. The average molecular weight is 240 g/mol. The second-order valence-corrected chi connectivity index (χ2v) is 4.56. The largest absolute Gasteiger partial charge is 0.352 e. The first-order chi connectivity index (χ1) is 8.78. The Hall–Kier alpha value is -2.08. The van der Waals surface area contributed by atoms with Gasteiger partial charge in [-0.3, -0.25) is 4.79 Å². The molecule has 2 rings (SSSR count). The molecule has 1 N–H and O–H groups in total. The highest BCUT2D eigenvalue weighted by molar-refractivity contribution is 5.76. The van der Waals surface area contributed by atoms with Crippen LogP contribution in [-0.2, 0) is 11.3 Å². The van der Waals surface area contributed by atoms with E-state index in [1.54, 1.807) is 12.1 Å². The van der Waals surface area contributed by atoms with E-state index in [1.807, 2.05) is 12.1 Å². The van der Waals surface area contributed by atoms with E-state index in [9.17, 15) is 4.79 Å². The first-order valence-corrected chi connectivity index (χ1v) is 6.20. The van der Waals surface area contributed by atoms with Crippen molar-refractivity contribution < 1.29 is 4.79 Å². The molecule has 92 valence electrons. The highest BCUT2D eigenvalue weighted by Crippen LogP contribution is 2.20. The zero-order chi connectivity index (χ0) is 12.8. The Kier molecular flexibility index (Phi) is 4.14. The van der Waals surface area contributed by atoms with E-state index >= 15 is 0 Å². The molecule has 0 fully saturated rings. The Balaban J connectivity index is 1.81. The maximum atomic E-state index is 11.7. The van der Waals surface area contributed by atoms with Crippen LogP contribution in [0.1, 0.15) is 30.4 Å². The molecule has 1 aliphatic rings. The van der Waals surface area contributed by atoms with Gasteiger partial charge in [-0.15, -0.1) is 0 Å². The van der Waals surface area contributed by atoms with Gasteiger partial charge in [0.1, 0.15) is 0 Å². The summed E-state index contributed by atoms with van der Waals surface area (Å²) in [6.07, 6.45) is 6.98. The Morgan fingerprint density at radius 3 is 3.11 bits per heavy atom. The topological polar surface area (TPSA) is 52.9 Å². The molecule has 18 heavy (non-hydrogen) atoms. The molecule has 1 aromatic rings. The van der Waals surface area contributed by atoms with Crippen LogP contribution in [0.3, 0.4) is 0 Å². The zero-order valence-corrected chi connectivity index (χ0v) is 10.2. The fraction of sp³-hybridized carbons (Fsp3) is 0.333. The summed E-state index contributed by atoms with van der Waals surface area (Å²) in [6.45, 7) is 0.491. The monoisotopic (exact) mass is 240 g/mol. The van der Waals surface area contributed by atoms with Gasteiger partial charge in [-0.25, -0.2) is 0 Å². The van der Waals surface area contributed by atoms with Gasteiger partial charge in [-0.1, -0.05) is 24.3 Å². The lowest BCUT2D eigenvalue weighted by atomic mass is 10.0. The summed E-state index contributed by atoms with van der Waals surface area (Å²) in [7, 11) is 0. The fourth-order valence-electron chi connectivity index (χ4n) is 2.13. The van der Waals surface area contributed by atoms with Crippen molar-refractivity contribution in [3.8, 4) is 6.07 Å². The highest BCUT2D eigenvalue weighted by atomic mass is 16.1. The molecule has 0 heterocycles. The normalized spacial score (nSPS) is 17.4. The lowest BCUT2D eigenvalue weighted by Crippen LogP contribution is -2.24. The number of nitrogens with one attached hydrogen (secondary N) is 1. The Bertz CT molecular complexity index is 499. The van der Waals surface area contributed by atoms with Crippen LogP contribution < -0.4 is 5.32 Å². The minimum absolute atomic E-state index is 0.0777. The predicted molar refractivity (Wildman–Crippen MR) is 69.5 cm³/mol. The number of rotatable bonds is 4. The average Bonchev–Trinajstić information content (AvgIpc) is 2.89. The molecule has 0 aliphatic heterocycles. The maximum Gasteiger partial charge on any atom is 0.220 e. The van der Waals surface area contributed by atoms with Gasteiger partial charge in [-0.2, -0.15) is 5.26 Å². The SMILES string of the molecule is N#Cc1cccc(CNC(=O)C[C@@H]2C=CCC2)c1. The summed E-state index contributed by atoms with van der Waals surface area (Å²) >= 11 is 0. The van der Waals surface area contributed by atoms with Crippen molar-refractivity contribution in [2.24, 2.45) is 5.92 Å². The first kappa shape index (κ1) is 12.4. The van der Waals surface area contributed by atoms with Gasteiger partial charge in [0.05, 0.1) is 11.6 Å². The molecular weight excluding hydrogens is 224 g/mol. The van der Waals surface area contributed by atoms with Crippen molar-refractivity contribution in [2.45, 2.75) is 25.8 Å². The second kappa shape index (κ2) is 6.02. The summed E-state index contributed by atoms with van der Waals surface area (Å²) in [6, 6.07) is 9.40. The molecule has 1 aliphatic carbocycles. The van der Waals surface area contributed by atoms with Gasteiger partial charge < -0.3 is 5.32 Å². The third kappa shape index (κ3) is 3.46. The molecule has 0 saturated heterocycles. The van der Waals surface area contributed by atoms with Crippen LogP contribution in [-0.4, -0.2) is 5.91 Å². The number of hydrogen-bond acceptors (Lipinski definition) is 2. The number of hydrogen-bond donors (Lipinski definition) is 1. The standard InChI is InChI=1S/C15H16N2O/c16-10-13-6-3-7-14(8-13)11-17-15(18)9-12-4-1-2-5-12/h1,3-4,6-8,12H,2,5,9,11H2,(H,17,18)/t12-/m1/s1. The number of carbonyl (C=O) groups is 1. The van der Waals surface area contributed by atoms with E-state index in [2.05, 4.69) is 23.5 Å². The number of amides is 1. The van der Waals surface area contributed by atoms with Gasteiger partial charge >= 0.3 is 0 Å². The lowest BCUT2D eigenvalue weighted by molar-refractivity contribution is -0.121. The zero-order valence-electron chi connectivity index (χ0n) is 10.2. The van der Waals surface area contributed by atoms with Crippen molar-refractivity contribution >= 4 is 5.91 Å². The molecule has 0 aromatic heterocycles. The number of benzene rings is 1. The van der Waals surface area contributed by atoms with E-state index in [1.165, 1.54) is 0 Å². The number of nitrogens with zero attached hydrogens (tertiary/aromatic N) is 1. The molecule has 0 unspecified atom stereocenters. The van der Waals surface area contributed by atoms with Gasteiger partial charge in [0, 0.05) is 13.0 Å². The summed E-state index contributed by atoms with van der Waals surface area (Å²) in [4.78, 5) is 11.7. The summed E-state index contributed by atoms with van der Waals surface area (Å²) < 4.78 is 0. The van der Waals surface area contributed by atoms with Gasteiger partial charge in [0.15, 0.2) is 0 Å². The van der Waals surface area contributed by atoms with E-state index in [4.69, 9.17) is 5.26 Å². The molecule has 1 aromatic carbocycles. The van der Waals surface area contributed by atoms with E-state index < -0.39 is 0 Å². The van der Waals surface area contributed by atoms with Crippen LogP contribution >= 0.6 is 0 Å². The maximum absolute atomic E-state index is 11.7. The molecule has 3 nitrogen and oxygen atoms in total. The van der Waals surface area contributed by atoms with Crippen molar-refractivity contribution in [1.29, 1.82) is 5.26 Å². The molecule has 0 saturated carbocycles. The van der Waals surface area contributed by atoms with Crippen LogP contribution in [0, 0.1) is 17.2 Å². The highest BCUT2D eigenvalue weighted by Gasteiger charge is 2.13. The quantitative estimate of drug-likeness (QED) is 0.822. The van der Waals surface area contributed by atoms with Crippen molar-refractivity contribution in [2.75, 3.05) is 0 Å². The van der Waals surface area contributed by atoms with Gasteiger partial charge in [0.2, 0.25) is 5.91 Å². The third-order valence-electron chi connectivity index (χ3n) is 3.11. The first-order valence-electron chi connectivity index (χ1n) is 6.20. The van der Waals surface area contributed by atoms with Gasteiger partial charge in [-0.05, 0) is 36.5 Å². The Labute approximate surface area is 107 Å². The predicted octanol–water partition coefficient (Wildman–Crippen LogP) is 2.53. The fourth-order valence-corrected chi connectivity index (χ4v) is 2.13. The van der Waals surface area contributed by atoms with Crippen LogP contribution in [0.2, 0.25) is 0 Å². The van der Waals surface area contributed by atoms with Crippen LogP contribution in [0.15, 0.2) is 36.4 Å². The van der Waals surface area contributed by atoms with Crippen LogP contribution in [0.4, 0.5) is 0 Å².